The van der Waals surface area contributed by atoms with Gasteiger partial charge >= 0.3 is 0 Å². The molecule has 4 aliphatic rings. The first kappa shape index (κ1) is 15.6. The van der Waals surface area contributed by atoms with Crippen molar-refractivity contribution in [2.45, 2.75) is 83.2 Å². The van der Waals surface area contributed by atoms with Crippen molar-refractivity contribution in [2.24, 2.45) is 11.3 Å². The van der Waals surface area contributed by atoms with Gasteiger partial charge in [-0.3, -0.25) is 4.79 Å². The third-order valence-corrected chi connectivity index (χ3v) is 7.24. The Labute approximate surface area is 139 Å². The van der Waals surface area contributed by atoms with Crippen molar-refractivity contribution in [1.29, 1.82) is 0 Å². The van der Waals surface area contributed by atoms with Crippen molar-refractivity contribution in [1.82, 2.24) is 0 Å². The number of fused-ring (bicyclic) bond motifs is 4. The largest absolute Gasteiger partial charge is 0.366 e. The molecule has 4 rings (SSSR count). The fourth-order valence-corrected chi connectivity index (χ4v) is 4.63. The Morgan fingerprint density at radius 1 is 1.13 bits per heavy atom. The predicted molar refractivity (Wildman–Crippen MR) is 89.1 cm³/mol. The Bertz CT molecular complexity index is 620. The van der Waals surface area contributed by atoms with Gasteiger partial charge in [-0.2, -0.15) is 0 Å². The molecular weight excluding hydrogens is 288 g/mol. The topological polar surface area (TPSA) is 42.1 Å². The molecule has 2 aliphatic carbocycles. The van der Waals surface area contributed by atoms with Crippen LogP contribution in [-0.2, 0) is 14.3 Å². The lowest BCUT2D eigenvalue weighted by Crippen LogP contribution is -2.36. The molecule has 0 amide bonds. The van der Waals surface area contributed by atoms with E-state index in [-0.39, 0.29) is 28.5 Å². The molecule has 1 saturated carbocycles. The van der Waals surface area contributed by atoms with Crippen molar-refractivity contribution >= 4 is 5.78 Å². The molecule has 23 heavy (non-hydrogen) atoms. The third-order valence-electron chi connectivity index (χ3n) is 7.24. The van der Waals surface area contributed by atoms with E-state index in [0.717, 1.165) is 43.3 Å². The van der Waals surface area contributed by atoms with Crippen molar-refractivity contribution in [2.75, 3.05) is 0 Å². The maximum atomic E-state index is 12.9. The van der Waals surface area contributed by atoms with E-state index in [1.54, 1.807) is 0 Å². The molecule has 2 saturated heterocycles. The number of allylic oxidation sites excluding steroid dienone is 2. The van der Waals surface area contributed by atoms with Crippen LogP contribution in [0.1, 0.15) is 59.8 Å². The van der Waals surface area contributed by atoms with E-state index >= 15 is 0 Å². The van der Waals surface area contributed by atoms with Crippen LogP contribution in [0, 0.1) is 11.3 Å². The van der Waals surface area contributed by atoms with E-state index < -0.39 is 0 Å². The minimum atomic E-state index is -0.302. The smallest absolute Gasteiger partial charge is 0.194 e. The van der Waals surface area contributed by atoms with Crippen LogP contribution < -0.4 is 0 Å². The van der Waals surface area contributed by atoms with E-state index in [4.69, 9.17) is 9.47 Å². The Morgan fingerprint density at radius 3 is 2.61 bits per heavy atom. The van der Waals surface area contributed by atoms with Crippen LogP contribution in [0.4, 0.5) is 0 Å². The Hall–Kier alpha value is -0.930. The summed E-state index contributed by atoms with van der Waals surface area (Å²) in [5.74, 6) is 0.650. The van der Waals surface area contributed by atoms with Gasteiger partial charge in [-0.25, -0.2) is 0 Å². The Balaban J connectivity index is 1.70. The molecule has 0 aromatic rings. The molecule has 0 aromatic heterocycles. The summed E-state index contributed by atoms with van der Waals surface area (Å²) in [5.41, 5.74) is 1.53. The maximum absolute atomic E-state index is 12.9. The molecule has 0 aromatic carbocycles. The van der Waals surface area contributed by atoms with E-state index in [1.807, 2.05) is 0 Å². The molecule has 3 heteroatoms. The zero-order valence-corrected chi connectivity index (χ0v) is 14.8. The maximum Gasteiger partial charge on any atom is 0.194 e. The minimum absolute atomic E-state index is 0.00822. The number of Topliss-reactive ketones (excluding diaryl/α,β-unsaturated/α-hetero) is 1. The van der Waals surface area contributed by atoms with Crippen molar-refractivity contribution in [3.63, 3.8) is 0 Å². The number of hydrogen-bond donors (Lipinski definition) is 0. The second kappa shape index (κ2) is 4.58. The van der Waals surface area contributed by atoms with Crippen LogP contribution in [0.5, 0.6) is 0 Å². The Kier molecular flexibility index (Phi) is 3.10. The summed E-state index contributed by atoms with van der Waals surface area (Å²) in [6, 6.07) is 0. The summed E-state index contributed by atoms with van der Waals surface area (Å²) in [4.78, 5) is 12.9. The highest BCUT2D eigenvalue weighted by molar-refractivity contribution is 6.05. The second-order valence-electron chi connectivity index (χ2n) is 8.78. The number of ether oxygens (including phenoxy) is 2. The number of carbonyl (C=O) groups excluding carboxylic acids is 1. The van der Waals surface area contributed by atoms with E-state index in [1.165, 1.54) is 0 Å². The van der Waals surface area contributed by atoms with Crippen LogP contribution in [-0.4, -0.2) is 29.2 Å². The van der Waals surface area contributed by atoms with Gasteiger partial charge in [0.25, 0.3) is 0 Å². The first-order valence-corrected chi connectivity index (χ1v) is 8.99. The van der Waals surface area contributed by atoms with E-state index in [9.17, 15) is 4.79 Å². The van der Waals surface area contributed by atoms with Gasteiger partial charge in [-0.1, -0.05) is 26.5 Å². The van der Waals surface area contributed by atoms with Gasteiger partial charge in [0.1, 0.15) is 11.7 Å². The summed E-state index contributed by atoms with van der Waals surface area (Å²) < 4.78 is 11.9. The Morgan fingerprint density at radius 2 is 1.87 bits per heavy atom. The number of hydrogen-bond acceptors (Lipinski definition) is 3. The standard InChI is InChI=1S/C20H28O3/c1-12-6-7-14-13(2)18(12,3)10-11-19(4)15(22-19)8-9-20(5)17(23-20)16(14)21/h7,12,15,17H,2,6,8-11H2,1,3-5H3/t12-,15+,17-,18?,19+,20-/m1/s1. The molecular formula is C20H28O3. The highest BCUT2D eigenvalue weighted by atomic mass is 16.6. The van der Waals surface area contributed by atoms with Crippen molar-refractivity contribution in [3.8, 4) is 0 Å². The zero-order valence-electron chi connectivity index (χ0n) is 14.8. The quantitative estimate of drug-likeness (QED) is 0.635. The molecule has 6 atom stereocenters. The summed E-state index contributed by atoms with van der Waals surface area (Å²) in [7, 11) is 0. The number of epoxide rings is 2. The van der Waals surface area contributed by atoms with Gasteiger partial charge in [-0.05, 0) is 62.9 Å². The zero-order chi connectivity index (χ0) is 16.6. The van der Waals surface area contributed by atoms with Crippen LogP contribution >= 0.6 is 0 Å². The van der Waals surface area contributed by atoms with Gasteiger partial charge in [0.2, 0.25) is 0 Å². The van der Waals surface area contributed by atoms with Crippen LogP contribution in [0.15, 0.2) is 23.8 Å². The molecule has 0 N–H and O–H groups in total. The summed E-state index contributed by atoms with van der Waals surface area (Å²) in [6.07, 6.45) is 7.05. The summed E-state index contributed by atoms with van der Waals surface area (Å²) >= 11 is 0. The highest BCUT2D eigenvalue weighted by Crippen LogP contribution is 2.55. The van der Waals surface area contributed by atoms with Gasteiger partial charge in [-0.15, -0.1) is 0 Å². The van der Waals surface area contributed by atoms with Gasteiger partial charge in [0, 0.05) is 5.57 Å². The number of carbonyl (C=O) groups is 1. The number of rotatable bonds is 0. The lowest BCUT2D eigenvalue weighted by Gasteiger charge is -2.42. The molecule has 3 nitrogen and oxygen atoms in total. The molecule has 3 fully saturated rings. The summed E-state index contributed by atoms with van der Waals surface area (Å²) in [6.45, 7) is 13.2. The summed E-state index contributed by atoms with van der Waals surface area (Å²) in [5, 5.41) is 0. The average Bonchev–Trinajstić information content (AvgIpc) is 3.37. The molecule has 126 valence electrons. The van der Waals surface area contributed by atoms with Crippen molar-refractivity contribution in [3.05, 3.63) is 23.8 Å². The van der Waals surface area contributed by atoms with Crippen LogP contribution in [0.3, 0.4) is 0 Å². The first-order valence-electron chi connectivity index (χ1n) is 8.99. The SMILES string of the molecule is C=C1C2=CC[C@@H](C)C1(C)CC[C@]1(C)O[C@H]1CC[C@@]1(C)O[C@@H]1C2=O. The first-order chi connectivity index (χ1) is 10.7. The molecule has 0 radical (unpaired) electrons. The third kappa shape index (κ3) is 2.20. The second-order valence-corrected chi connectivity index (χ2v) is 8.78. The van der Waals surface area contributed by atoms with Crippen molar-refractivity contribution < 1.29 is 14.3 Å². The fraction of sp³-hybridized carbons (Fsp3) is 0.750. The van der Waals surface area contributed by atoms with Gasteiger partial charge in [0.05, 0.1) is 11.7 Å². The lowest BCUT2D eigenvalue weighted by molar-refractivity contribution is -0.116. The molecule has 2 heterocycles. The lowest BCUT2D eigenvalue weighted by atomic mass is 9.62. The van der Waals surface area contributed by atoms with Gasteiger partial charge in [0.15, 0.2) is 5.78 Å². The number of ketones is 1. The van der Waals surface area contributed by atoms with E-state index in [2.05, 4.69) is 40.3 Å². The van der Waals surface area contributed by atoms with Gasteiger partial charge < -0.3 is 9.47 Å². The van der Waals surface area contributed by atoms with E-state index in [0.29, 0.717) is 12.0 Å². The highest BCUT2D eigenvalue weighted by Gasteiger charge is 2.61. The van der Waals surface area contributed by atoms with Crippen LogP contribution in [0.25, 0.3) is 0 Å². The van der Waals surface area contributed by atoms with Crippen LogP contribution in [0.2, 0.25) is 0 Å². The minimum Gasteiger partial charge on any atom is -0.366 e. The molecule has 1 unspecified atom stereocenters. The molecule has 2 aliphatic heterocycles. The fourth-order valence-electron chi connectivity index (χ4n) is 4.63. The average molecular weight is 316 g/mol. The predicted octanol–water partition coefficient (Wildman–Crippen LogP) is 3.97. The normalized spacial score (nSPS) is 52.5. The monoisotopic (exact) mass is 316 g/mol. The molecule has 2 bridgehead atoms. The molecule has 0 spiro atoms.